The fourth-order valence-corrected chi connectivity index (χ4v) is 1.47. The van der Waals surface area contributed by atoms with Gasteiger partial charge in [-0.3, -0.25) is 10.3 Å². The molecule has 0 aromatic heterocycles. The number of guanidine groups is 1. The highest BCUT2D eigenvalue weighted by Gasteiger charge is 2.45. The Morgan fingerprint density at radius 1 is 1.31 bits per heavy atom. The molecule has 0 aromatic rings. The standard InChI is InChI=1S/C7H14N4O5/c8-7(10-9)11(2-13)6-5(15)4(14)3(1-12)16-6/h3-6,8-9,12-15H,1-2H2. The second kappa shape index (κ2) is 5.27. The fourth-order valence-electron chi connectivity index (χ4n) is 1.47. The smallest absolute Gasteiger partial charge is 0.241 e. The van der Waals surface area contributed by atoms with Crippen molar-refractivity contribution in [2.75, 3.05) is 13.3 Å². The van der Waals surface area contributed by atoms with Gasteiger partial charge in [0.25, 0.3) is 0 Å². The number of hydrogen-bond donors (Lipinski definition) is 6. The van der Waals surface area contributed by atoms with E-state index in [4.69, 9.17) is 25.9 Å². The molecule has 1 saturated heterocycles. The Balaban J connectivity index is 2.79. The molecule has 1 aliphatic rings. The molecule has 9 nitrogen and oxygen atoms in total. The minimum absolute atomic E-state index is 0.501. The normalized spacial score (nSPS) is 33.8. The molecule has 0 spiro atoms. The SMILES string of the molecule is N=NC(=N)N(CO)C1OC(CO)C(O)C1O. The van der Waals surface area contributed by atoms with Crippen LogP contribution >= 0.6 is 0 Å². The van der Waals surface area contributed by atoms with Crippen LogP contribution in [0.5, 0.6) is 0 Å². The second-order valence-electron chi connectivity index (χ2n) is 3.28. The van der Waals surface area contributed by atoms with Crippen molar-refractivity contribution in [2.45, 2.75) is 24.5 Å². The summed E-state index contributed by atoms with van der Waals surface area (Å²) < 4.78 is 5.04. The molecular weight excluding hydrogens is 220 g/mol. The van der Waals surface area contributed by atoms with Gasteiger partial charge in [0.05, 0.1) is 6.61 Å². The second-order valence-corrected chi connectivity index (χ2v) is 3.28. The Morgan fingerprint density at radius 2 is 1.94 bits per heavy atom. The predicted molar refractivity (Wildman–Crippen MR) is 49.6 cm³/mol. The topological polar surface area (TPSA) is 153 Å². The first kappa shape index (κ1) is 12.9. The fraction of sp³-hybridized carbons (Fsp3) is 0.857. The molecule has 1 aliphatic heterocycles. The molecule has 0 aromatic carbocycles. The van der Waals surface area contributed by atoms with Gasteiger partial charge in [-0.25, -0.2) is 5.53 Å². The van der Waals surface area contributed by atoms with Crippen LogP contribution in [0.1, 0.15) is 0 Å². The molecule has 9 heteroatoms. The van der Waals surface area contributed by atoms with E-state index >= 15 is 0 Å². The van der Waals surface area contributed by atoms with E-state index in [0.717, 1.165) is 4.90 Å². The summed E-state index contributed by atoms with van der Waals surface area (Å²) in [7, 11) is 0. The van der Waals surface area contributed by atoms with Crippen molar-refractivity contribution in [3.05, 3.63) is 0 Å². The highest BCUT2D eigenvalue weighted by molar-refractivity contribution is 5.76. The molecule has 0 bridgehead atoms. The minimum atomic E-state index is -1.40. The molecule has 0 amide bonds. The molecule has 4 unspecified atom stereocenters. The summed E-state index contributed by atoms with van der Waals surface area (Å²) in [5.41, 5.74) is 6.62. The third-order valence-electron chi connectivity index (χ3n) is 2.35. The molecule has 1 heterocycles. The Hall–Kier alpha value is -1.13. The number of nitrogens with zero attached hydrogens (tertiary/aromatic N) is 2. The first-order valence-electron chi connectivity index (χ1n) is 4.52. The Kier molecular flexibility index (Phi) is 4.26. The van der Waals surface area contributed by atoms with Gasteiger partial charge >= 0.3 is 0 Å². The number of aliphatic hydroxyl groups excluding tert-OH is 4. The minimum Gasteiger partial charge on any atom is -0.394 e. The lowest BCUT2D eigenvalue weighted by molar-refractivity contribution is -0.0917. The van der Waals surface area contributed by atoms with Crippen molar-refractivity contribution in [1.82, 2.24) is 4.90 Å². The van der Waals surface area contributed by atoms with Gasteiger partial charge in [-0.1, -0.05) is 0 Å². The Labute approximate surface area is 90.9 Å². The van der Waals surface area contributed by atoms with Crippen molar-refractivity contribution in [1.29, 1.82) is 10.9 Å². The number of aliphatic hydroxyl groups is 4. The van der Waals surface area contributed by atoms with Crippen LogP contribution in [0.25, 0.3) is 0 Å². The summed E-state index contributed by atoms with van der Waals surface area (Å²) in [5, 5.41) is 46.8. The van der Waals surface area contributed by atoms with Crippen LogP contribution in [-0.4, -0.2) is 69.2 Å². The van der Waals surface area contributed by atoms with Crippen molar-refractivity contribution in [3.63, 3.8) is 0 Å². The summed E-state index contributed by atoms with van der Waals surface area (Å²) in [6.45, 7) is -1.20. The zero-order chi connectivity index (χ0) is 12.3. The first-order valence-corrected chi connectivity index (χ1v) is 4.52. The average Bonchev–Trinajstić information content (AvgIpc) is 2.58. The van der Waals surface area contributed by atoms with Gasteiger partial charge in [-0.15, -0.1) is 5.11 Å². The maximum atomic E-state index is 9.57. The maximum Gasteiger partial charge on any atom is 0.241 e. The summed E-state index contributed by atoms with van der Waals surface area (Å²) in [4.78, 5) is 0.788. The van der Waals surface area contributed by atoms with Crippen molar-refractivity contribution in [2.24, 2.45) is 5.11 Å². The molecule has 92 valence electrons. The molecule has 0 aliphatic carbocycles. The average molecular weight is 234 g/mol. The monoisotopic (exact) mass is 234 g/mol. The van der Waals surface area contributed by atoms with Gasteiger partial charge in [0, 0.05) is 0 Å². The quantitative estimate of drug-likeness (QED) is 0.139. The number of rotatable bonds is 3. The van der Waals surface area contributed by atoms with Crippen LogP contribution in [0.3, 0.4) is 0 Å². The van der Waals surface area contributed by atoms with Gasteiger partial charge in [0.2, 0.25) is 5.96 Å². The van der Waals surface area contributed by atoms with Gasteiger partial charge < -0.3 is 25.2 Å². The Bertz CT molecular complexity index is 276. The summed E-state index contributed by atoms with van der Waals surface area (Å²) >= 11 is 0. The first-order chi connectivity index (χ1) is 7.56. The molecule has 6 N–H and O–H groups in total. The van der Waals surface area contributed by atoms with Gasteiger partial charge in [-0.05, 0) is 0 Å². The van der Waals surface area contributed by atoms with E-state index in [-0.39, 0.29) is 0 Å². The third-order valence-corrected chi connectivity index (χ3v) is 2.35. The lowest BCUT2D eigenvalue weighted by Gasteiger charge is -2.27. The molecule has 4 atom stereocenters. The van der Waals surface area contributed by atoms with E-state index in [2.05, 4.69) is 5.11 Å². The summed E-state index contributed by atoms with van der Waals surface area (Å²) in [5.74, 6) is -0.614. The van der Waals surface area contributed by atoms with Gasteiger partial charge in [-0.2, -0.15) is 0 Å². The van der Waals surface area contributed by atoms with Crippen molar-refractivity contribution < 1.29 is 25.2 Å². The predicted octanol–water partition coefficient (Wildman–Crippen LogP) is -2.36. The van der Waals surface area contributed by atoms with E-state index in [0.29, 0.717) is 0 Å². The maximum absolute atomic E-state index is 9.57. The van der Waals surface area contributed by atoms with Crippen LogP contribution in [0, 0.1) is 10.9 Å². The van der Waals surface area contributed by atoms with Crippen LogP contribution in [0.4, 0.5) is 0 Å². The zero-order valence-corrected chi connectivity index (χ0v) is 8.32. The molecular formula is C7H14N4O5. The molecule has 1 rings (SSSR count). The van der Waals surface area contributed by atoms with Crippen LogP contribution in [-0.2, 0) is 4.74 Å². The van der Waals surface area contributed by atoms with Crippen LogP contribution in [0.15, 0.2) is 5.11 Å². The van der Waals surface area contributed by atoms with Gasteiger partial charge in [0.15, 0.2) is 6.23 Å². The Morgan fingerprint density at radius 3 is 2.31 bits per heavy atom. The number of hydrogen-bond acceptors (Lipinski definition) is 7. The molecule has 0 radical (unpaired) electrons. The zero-order valence-electron chi connectivity index (χ0n) is 8.32. The van der Waals surface area contributed by atoms with E-state index in [1.54, 1.807) is 0 Å². The number of ether oxygens (including phenoxy) is 1. The lowest BCUT2D eigenvalue weighted by atomic mass is 10.1. The third kappa shape index (κ3) is 2.18. The highest BCUT2D eigenvalue weighted by atomic mass is 16.6. The number of nitrogens with one attached hydrogen (secondary N) is 2. The van der Waals surface area contributed by atoms with Crippen molar-refractivity contribution in [3.8, 4) is 0 Å². The highest BCUT2D eigenvalue weighted by Crippen LogP contribution is 2.23. The lowest BCUT2D eigenvalue weighted by Crippen LogP contribution is -2.46. The largest absolute Gasteiger partial charge is 0.394 e. The summed E-state index contributed by atoms with van der Waals surface area (Å²) in [6, 6.07) is 0. The van der Waals surface area contributed by atoms with E-state index in [1.165, 1.54) is 0 Å². The van der Waals surface area contributed by atoms with Crippen LogP contribution in [0.2, 0.25) is 0 Å². The summed E-state index contributed by atoms with van der Waals surface area (Å²) in [6.07, 6.45) is -4.92. The van der Waals surface area contributed by atoms with E-state index < -0.39 is 43.8 Å². The van der Waals surface area contributed by atoms with Crippen LogP contribution < -0.4 is 0 Å². The molecule has 16 heavy (non-hydrogen) atoms. The van der Waals surface area contributed by atoms with E-state index in [1.807, 2.05) is 0 Å². The van der Waals surface area contributed by atoms with Crippen molar-refractivity contribution >= 4 is 5.96 Å². The molecule has 0 saturated carbocycles. The van der Waals surface area contributed by atoms with E-state index in [9.17, 15) is 10.2 Å². The van der Waals surface area contributed by atoms with Gasteiger partial charge in [0.1, 0.15) is 25.0 Å². The molecule has 1 fully saturated rings.